The monoisotopic (exact) mass is 472 g/mol. The number of carboxylic acids is 1. The summed E-state index contributed by atoms with van der Waals surface area (Å²) in [7, 11) is 0. The molecule has 1 aliphatic carbocycles. The van der Waals surface area contributed by atoms with E-state index >= 15 is 0 Å². The van der Waals surface area contributed by atoms with Gasteiger partial charge in [0.05, 0.1) is 17.9 Å². The zero-order chi connectivity index (χ0) is 23.9. The lowest BCUT2D eigenvalue weighted by Crippen LogP contribution is -2.49. The van der Waals surface area contributed by atoms with Crippen molar-refractivity contribution in [3.63, 3.8) is 0 Å². The van der Waals surface area contributed by atoms with Gasteiger partial charge >= 0.3 is 12.1 Å². The van der Waals surface area contributed by atoms with Crippen LogP contribution in [-0.4, -0.2) is 64.9 Å². The van der Waals surface area contributed by atoms with Crippen LogP contribution in [-0.2, 0) is 25.7 Å². The summed E-state index contributed by atoms with van der Waals surface area (Å²) in [6.45, 7) is 3.89. The molecule has 3 heterocycles. The molecule has 0 radical (unpaired) electrons. The highest BCUT2D eigenvalue weighted by atomic mass is 19.4. The number of piperidine rings is 1. The molecule has 10 heteroatoms. The van der Waals surface area contributed by atoms with E-state index in [0.717, 1.165) is 64.1 Å². The lowest BCUT2D eigenvalue weighted by molar-refractivity contribution is -0.192. The van der Waals surface area contributed by atoms with Crippen molar-refractivity contribution in [2.45, 2.75) is 63.3 Å². The van der Waals surface area contributed by atoms with Gasteiger partial charge in [0.25, 0.3) is 0 Å². The average Bonchev–Trinajstić information content (AvgIpc) is 3.52. The summed E-state index contributed by atoms with van der Waals surface area (Å²) in [5.41, 5.74) is 0.956. The summed E-state index contributed by atoms with van der Waals surface area (Å²) in [6.07, 6.45) is 4.07. The van der Waals surface area contributed by atoms with Crippen LogP contribution in [0.3, 0.4) is 0 Å². The van der Waals surface area contributed by atoms with Gasteiger partial charge in [-0.15, -0.1) is 0 Å². The second-order valence-electron chi connectivity index (χ2n) is 8.89. The van der Waals surface area contributed by atoms with Crippen molar-refractivity contribution < 1.29 is 37.3 Å². The van der Waals surface area contributed by atoms with Gasteiger partial charge in [0.1, 0.15) is 0 Å². The van der Waals surface area contributed by atoms with Gasteiger partial charge in [0.2, 0.25) is 5.91 Å². The van der Waals surface area contributed by atoms with Crippen LogP contribution in [0.25, 0.3) is 0 Å². The predicted octanol–water partition coefficient (Wildman–Crippen LogP) is 3.82. The smallest absolute Gasteiger partial charge is 0.475 e. The standard InChI is InChI=1S/C21H30N2O3.C2HF3O2/c24-20(15-17-4-5-17)23-11-8-21(9-12-23)18(7-14-26-21)6-13-25-16-19-3-1-2-10-22-19;3-2(4,5)1(6)7/h1-3,10,17-18H,4-9,11-16H2;(H,6,7). The molecule has 1 aromatic rings. The minimum Gasteiger partial charge on any atom is -0.475 e. The Hall–Kier alpha value is -2.20. The van der Waals surface area contributed by atoms with Crippen molar-refractivity contribution in [1.82, 2.24) is 9.88 Å². The van der Waals surface area contributed by atoms with Crippen molar-refractivity contribution >= 4 is 11.9 Å². The van der Waals surface area contributed by atoms with E-state index in [9.17, 15) is 18.0 Å². The summed E-state index contributed by atoms with van der Waals surface area (Å²) in [5.74, 6) is -1.18. The van der Waals surface area contributed by atoms with Gasteiger partial charge in [0, 0.05) is 38.9 Å². The summed E-state index contributed by atoms with van der Waals surface area (Å²) >= 11 is 0. The molecule has 2 aliphatic heterocycles. The van der Waals surface area contributed by atoms with E-state index in [4.69, 9.17) is 19.4 Å². The number of aliphatic carboxylic acids is 1. The number of pyridine rings is 1. The van der Waals surface area contributed by atoms with Gasteiger partial charge < -0.3 is 19.5 Å². The number of carbonyl (C=O) groups excluding carboxylic acids is 1. The largest absolute Gasteiger partial charge is 0.490 e. The molecule has 1 unspecified atom stereocenters. The topological polar surface area (TPSA) is 89.0 Å². The molecule has 1 saturated carbocycles. The normalized spacial score (nSPS) is 22.0. The Balaban J connectivity index is 0.000000383. The number of ether oxygens (including phenoxy) is 2. The van der Waals surface area contributed by atoms with Crippen LogP contribution in [0.2, 0.25) is 0 Å². The second kappa shape index (κ2) is 11.3. The highest BCUT2D eigenvalue weighted by Gasteiger charge is 2.46. The minimum absolute atomic E-state index is 0.0231. The second-order valence-corrected chi connectivity index (χ2v) is 8.89. The first kappa shape index (κ1) is 25.4. The van der Waals surface area contributed by atoms with Crippen LogP contribution < -0.4 is 0 Å². The van der Waals surface area contributed by atoms with Gasteiger partial charge in [-0.25, -0.2) is 4.79 Å². The number of hydrogen-bond donors (Lipinski definition) is 1. The number of aromatic nitrogens is 1. The molecule has 0 bridgehead atoms. The van der Waals surface area contributed by atoms with E-state index in [1.54, 1.807) is 6.20 Å². The molecular formula is C23H31F3N2O5. The van der Waals surface area contributed by atoms with Crippen molar-refractivity contribution in [2.75, 3.05) is 26.3 Å². The molecule has 1 amide bonds. The zero-order valence-electron chi connectivity index (χ0n) is 18.6. The summed E-state index contributed by atoms with van der Waals surface area (Å²) in [6, 6.07) is 5.91. The first-order valence-electron chi connectivity index (χ1n) is 11.4. The van der Waals surface area contributed by atoms with E-state index in [-0.39, 0.29) is 5.60 Å². The number of alkyl halides is 3. The van der Waals surface area contributed by atoms with Gasteiger partial charge in [-0.3, -0.25) is 9.78 Å². The molecule has 184 valence electrons. The maximum Gasteiger partial charge on any atom is 0.490 e. The Morgan fingerprint density at radius 2 is 1.91 bits per heavy atom. The van der Waals surface area contributed by atoms with E-state index in [0.29, 0.717) is 24.3 Å². The minimum atomic E-state index is -5.08. The van der Waals surface area contributed by atoms with Crippen molar-refractivity contribution in [2.24, 2.45) is 11.8 Å². The Labute approximate surface area is 191 Å². The number of carbonyl (C=O) groups is 2. The summed E-state index contributed by atoms with van der Waals surface area (Å²) < 4.78 is 43.8. The maximum atomic E-state index is 12.3. The van der Waals surface area contributed by atoms with Gasteiger partial charge in [-0.2, -0.15) is 13.2 Å². The molecule has 1 N–H and O–H groups in total. The molecule has 1 spiro atoms. The molecular weight excluding hydrogens is 441 g/mol. The first-order chi connectivity index (χ1) is 15.7. The Bertz CT molecular complexity index is 778. The first-order valence-corrected chi connectivity index (χ1v) is 11.4. The third-order valence-corrected chi connectivity index (χ3v) is 6.55. The number of carboxylic acid groups (broad SMARTS) is 1. The molecule has 1 atom stereocenters. The van der Waals surface area contributed by atoms with Crippen molar-refractivity contribution in [3.8, 4) is 0 Å². The fourth-order valence-electron chi connectivity index (χ4n) is 4.46. The maximum absolute atomic E-state index is 12.3. The Morgan fingerprint density at radius 3 is 2.48 bits per heavy atom. The van der Waals surface area contributed by atoms with Crippen LogP contribution in [0.15, 0.2) is 24.4 Å². The van der Waals surface area contributed by atoms with E-state index in [1.807, 2.05) is 18.2 Å². The Morgan fingerprint density at radius 1 is 1.21 bits per heavy atom. The van der Waals surface area contributed by atoms with Crippen LogP contribution in [0.1, 0.15) is 50.6 Å². The van der Waals surface area contributed by atoms with Gasteiger partial charge in [0.15, 0.2) is 0 Å². The quantitative estimate of drug-likeness (QED) is 0.607. The summed E-state index contributed by atoms with van der Waals surface area (Å²) in [5, 5.41) is 7.12. The number of nitrogens with zero attached hydrogens (tertiary/aromatic N) is 2. The van der Waals surface area contributed by atoms with Gasteiger partial charge in [-0.1, -0.05) is 6.07 Å². The number of likely N-dealkylation sites (tertiary alicyclic amines) is 1. The highest BCUT2D eigenvalue weighted by molar-refractivity contribution is 5.76. The molecule has 4 rings (SSSR count). The van der Waals surface area contributed by atoms with E-state index in [1.165, 1.54) is 12.8 Å². The summed E-state index contributed by atoms with van der Waals surface area (Å²) in [4.78, 5) is 27.6. The van der Waals surface area contributed by atoms with Crippen molar-refractivity contribution in [1.29, 1.82) is 0 Å². The molecule has 3 aliphatic rings. The number of amides is 1. The molecule has 0 aromatic carbocycles. The van der Waals surface area contributed by atoms with Gasteiger partial charge in [-0.05, 0) is 62.5 Å². The lowest BCUT2D eigenvalue weighted by Gasteiger charge is -2.42. The molecule has 2 saturated heterocycles. The highest BCUT2D eigenvalue weighted by Crippen LogP contribution is 2.43. The zero-order valence-corrected chi connectivity index (χ0v) is 18.6. The Kier molecular flexibility index (Phi) is 8.69. The van der Waals surface area contributed by atoms with Crippen LogP contribution in [0, 0.1) is 11.8 Å². The van der Waals surface area contributed by atoms with Crippen LogP contribution >= 0.6 is 0 Å². The van der Waals surface area contributed by atoms with E-state index in [2.05, 4.69) is 9.88 Å². The third-order valence-electron chi connectivity index (χ3n) is 6.55. The third kappa shape index (κ3) is 7.67. The fraction of sp³-hybridized carbons (Fsp3) is 0.696. The van der Waals surface area contributed by atoms with E-state index < -0.39 is 12.1 Å². The molecule has 1 aromatic heterocycles. The molecule has 33 heavy (non-hydrogen) atoms. The number of hydrogen-bond acceptors (Lipinski definition) is 5. The fourth-order valence-corrected chi connectivity index (χ4v) is 4.46. The lowest BCUT2D eigenvalue weighted by atomic mass is 9.78. The number of rotatable bonds is 7. The number of halogens is 3. The molecule has 7 nitrogen and oxygen atoms in total. The van der Waals surface area contributed by atoms with Crippen LogP contribution in [0.4, 0.5) is 13.2 Å². The SMILES string of the molecule is O=C(CC1CC1)N1CCC2(CC1)OCCC2CCOCc1ccccn1.O=C(O)C(F)(F)F. The molecule has 3 fully saturated rings. The van der Waals surface area contributed by atoms with Crippen molar-refractivity contribution in [3.05, 3.63) is 30.1 Å². The van der Waals surface area contributed by atoms with Crippen LogP contribution in [0.5, 0.6) is 0 Å². The average molecular weight is 473 g/mol. The predicted molar refractivity (Wildman–Crippen MR) is 112 cm³/mol.